The summed E-state index contributed by atoms with van der Waals surface area (Å²) in [7, 11) is 0. The average molecular weight is 227 g/mol. The van der Waals surface area contributed by atoms with Gasteiger partial charge in [0, 0.05) is 12.1 Å². The Morgan fingerprint density at radius 1 is 1.53 bits per heavy atom. The minimum Gasteiger partial charge on any atom is -0.465 e. The summed E-state index contributed by atoms with van der Waals surface area (Å²) in [4.78, 5) is 9.89. The molecule has 0 aromatic heterocycles. The first kappa shape index (κ1) is 11.3. The monoisotopic (exact) mass is 227 g/mol. The van der Waals surface area contributed by atoms with Gasteiger partial charge >= 0.3 is 0 Å². The Balaban J connectivity index is 2.57. The molecule has 0 atom stereocenters. The highest BCUT2D eigenvalue weighted by molar-refractivity contribution is 7.80. The van der Waals surface area contributed by atoms with Crippen LogP contribution in [0.1, 0.15) is 5.56 Å². The summed E-state index contributed by atoms with van der Waals surface area (Å²) in [5, 5.41) is 10.4. The second kappa shape index (κ2) is 5.23. The van der Waals surface area contributed by atoms with Gasteiger partial charge in [0.25, 0.3) is 10.9 Å². The number of hydrogen-bond acceptors (Lipinski definition) is 5. The maximum absolute atomic E-state index is 10.4. The van der Waals surface area contributed by atoms with Gasteiger partial charge in [0.05, 0.1) is 4.92 Å². The van der Waals surface area contributed by atoms with E-state index in [-0.39, 0.29) is 17.5 Å². The topological polar surface area (TPSA) is 90.4 Å². The summed E-state index contributed by atoms with van der Waals surface area (Å²) in [6.45, 7) is 0.223. The first-order valence-electron chi connectivity index (χ1n) is 4.00. The summed E-state index contributed by atoms with van der Waals surface area (Å²) in [6.07, 6.45) is 0. The molecular formula is C8H9N3O3S. The van der Waals surface area contributed by atoms with Crippen LogP contribution in [-0.2, 0) is 11.3 Å². The molecule has 0 unspecified atom stereocenters. The number of thiocarbonyl (C=S) groups is 1. The third-order valence-electron chi connectivity index (χ3n) is 1.63. The molecule has 80 valence electrons. The highest BCUT2D eigenvalue weighted by Crippen LogP contribution is 2.12. The van der Waals surface area contributed by atoms with Crippen molar-refractivity contribution in [3.05, 3.63) is 39.9 Å². The van der Waals surface area contributed by atoms with E-state index in [1.807, 2.05) is 0 Å². The van der Waals surface area contributed by atoms with E-state index in [0.29, 0.717) is 0 Å². The SMILES string of the molecule is NNC(=S)OCc1ccc([N+](=O)[O-])cc1. The van der Waals surface area contributed by atoms with Crippen LogP contribution in [0.5, 0.6) is 0 Å². The number of benzene rings is 1. The van der Waals surface area contributed by atoms with Gasteiger partial charge < -0.3 is 4.74 Å². The molecular weight excluding hydrogens is 218 g/mol. The molecule has 7 heteroatoms. The van der Waals surface area contributed by atoms with Crippen LogP contribution in [-0.4, -0.2) is 10.1 Å². The van der Waals surface area contributed by atoms with E-state index in [1.54, 1.807) is 12.1 Å². The standard InChI is InChI=1S/C8H9N3O3S/c9-10-8(15)14-5-6-1-3-7(4-2-6)11(12)13/h1-4H,5,9H2,(H,10,15). The molecule has 0 bridgehead atoms. The molecule has 3 N–H and O–H groups in total. The molecule has 0 heterocycles. The molecule has 15 heavy (non-hydrogen) atoms. The quantitative estimate of drug-likeness (QED) is 0.344. The molecule has 0 aliphatic heterocycles. The van der Waals surface area contributed by atoms with Crippen molar-refractivity contribution in [2.24, 2.45) is 5.84 Å². The van der Waals surface area contributed by atoms with Gasteiger partial charge in [0.15, 0.2) is 0 Å². The second-order valence-electron chi connectivity index (χ2n) is 2.64. The minimum atomic E-state index is -0.462. The van der Waals surface area contributed by atoms with Crippen LogP contribution in [0.2, 0.25) is 0 Å². The van der Waals surface area contributed by atoms with Crippen LogP contribution in [0.4, 0.5) is 5.69 Å². The van der Waals surface area contributed by atoms with E-state index in [4.69, 9.17) is 10.6 Å². The fourth-order valence-electron chi connectivity index (χ4n) is 0.904. The molecule has 0 aliphatic rings. The molecule has 0 amide bonds. The normalized spacial score (nSPS) is 9.40. The number of ether oxygens (including phenoxy) is 1. The number of hydrogen-bond donors (Lipinski definition) is 2. The molecule has 1 aromatic carbocycles. The van der Waals surface area contributed by atoms with Gasteiger partial charge in [0.2, 0.25) is 0 Å². The lowest BCUT2D eigenvalue weighted by Crippen LogP contribution is -2.30. The summed E-state index contributed by atoms with van der Waals surface area (Å²) < 4.78 is 5.00. The van der Waals surface area contributed by atoms with Crippen LogP contribution in [0.3, 0.4) is 0 Å². The maximum Gasteiger partial charge on any atom is 0.271 e. The fourth-order valence-corrected chi connectivity index (χ4v) is 0.963. The lowest BCUT2D eigenvalue weighted by molar-refractivity contribution is -0.384. The van der Waals surface area contributed by atoms with Gasteiger partial charge in [-0.25, -0.2) is 5.84 Å². The van der Waals surface area contributed by atoms with Crippen molar-refractivity contribution in [1.82, 2.24) is 5.43 Å². The Morgan fingerprint density at radius 3 is 2.60 bits per heavy atom. The summed E-state index contributed by atoms with van der Waals surface area (Å²) in [6, 6.07) is 5.99. The second-order valence-corrected chi connectivity index (χ2v) is 3.01. The number of nitrogens with zero attached hydrogens (tertiary/aromatic N) is 1. The molecule has 6 nitrogen and oxygen atoms in total. The Kier molecular flexibility index (Phi) is 3.95. The Hall–Kier alpha value is -1.73. The van der Waals surface area contributed by atoms with Crippen LogP contribution in [0, 0.1) is 10.1 Å². The Labute approximate surface area is 91.1 Å². The van der Waals surface area contributed by atoms with Gasteiger partial charge in [-0.15, -0.1) is 0 Å². The van der Waals surface area contributed by atoms with Gasteiger partial charge in [-0.2, -0.15) is 0 Å². The lowest BCUT2D eigenvalue weighted by Gasteiger charge is -2.05. The van der Waals surface area contributed by atoms with E-state index in [2.05, 4.69) is 17.6 Å². The third kappa shape index (κ3) is 3.49. The van der Waals surface area contributed by atoms with Crippen molar-refractivity contribution in [3.63, 3.8) is 0 Å². The van der Waals surface area contributed by atoms with Crippen molar-refractivity contribution in [1.29, 1.82) is 0 Å². The van der Waals surface area contributed by atoms with E-state index in [1.165, 1.54) is 12.1 Å². The molecule has 0 aliphatic carbocycles. The van der Waals surface area contributed by atoms with Crippen LogP contribution < -0.4 is 11.3 Å². The van der Waals surface area contributed by atoms with Gasteiger partial charge in [0.1, 0.15) is 6.61 Å². The van der Waals surface area contributed by atoms with E-state index in [0.717, 1.165) is 5.56 Å². The number of hydrazine groups is 1. The highest BCUT2D eigenvalue weighted by Gasteiger charge is 2.04. The Bertz CT molecular complexity index is 366. The molecule has 0 spiro atoms. The average Bonchev–Trinajstić information content (AvgIpc) is 2.26. The van der Waals surface area contributed by atoms with Crippen molar-refractivity contribution >= 4 is 23.1 Å². The fraction of sp³-hybridized carbons (Fsp3) is 0.125. The molecule has 1 rings (SSSR count). The molecule has 0 fully saturated rings. The number of nitrogens with two attached hydrogens (primary N) is 1. The van der Waals surface area contributed by atoms with Crippen molar-refractivity contribution < 1.29 is 9.66 Å². The number of nitrogens with one attached hydrogen (secondary N) is 1. The van der Waals surface area contributed by atoms with Gasteiger partial charge in [-0.05, 0) is 29.9 Å². The summed E-state index contributed by atoms with van der Waals surface area (Å²) >= 11 is 4.66. The molecule has 1 aromatic rings. The van der Waals surface area contributed by atoms with Crippen LogP contribution in [0.15, 0.2) is 24.3 Å². The first-order chi connectivity index (χ1) is 7.13. The Morgan fingerprint density at radius 2 is 2.13 bits per heavy atom. The predicted octanol–water partition coefficient (Wildman–Crippen LogP) is 0.860. The third-order valence-corrected chi connectivity index (χ3v) is 1.87. The number of nitro benzene ring substituents is 1. The molecule has 0 radical (unpaired) electrons. The van der Waals surface area contributed by atoms with E-state index >= 15 is 0 Å². The van der Waals surface area contributed by atoms with Crippen molar-refractivity contribution in [2.45, 2.75) is 6.61 Å². The summed E-state index contributed by atoms with van der Waals surface area (Å²) in [5.41, 5.74) is 2.98. The number of rotatable bonds is 3. The van der Waals surface area contributed by atoms with Crippen LogP contribution in [0.25, 0.3) is 0 Å². The van der Waals surface area contributed by atoms with E-state index < -0.39 is 4.92 Å². The zero-order valence-corrected chi connectivity index (χ0v) is 8.49. The maximum atomic E-state index is 10.4. The minimum absolute atomic E-state index is 0.0401. The summed E-state index contributed by atoms with van der Waals surface area (Å²) in [5.74, 6) is 4.99. The first-order valence-corrected chi connectivity index (χ1v) is 4.41. The predicted molar refractivity (Wildman–Crippen MR) is 57.8 cm³/mol. The van der Waals surface area contributed by atoms with Crippen molar-refractivity contribution in [3.8, 4) is 0 Å². The highest BCUT2D eigenvalue weighted by atomic mass is 32.1. The number of non-ortho nitro benzene ring substituents is 1. The van der Waals surface area contributed by atoms with E-state index in [9.17, 15) is 10.1 Å². The van der Waals surface area contributed by atoms with Gasteiger partial charge in [-0.3, -0.25) is 15.5 Å². The molecule has 0 saturated carbocycles. The van der Waals surface area contributed by atoms with Crippen LogP contribution >= 0.6 is 12.2 Å². The van der Waals surface area contributed by atoms with Crippen molar-refractivity contribution in [2.75, 3.05) is 0 Å². The number of nitro groups is 1. The lowest BCUT2D eigenvalue weighted by atomic mass is 10.2. The van der Waals surface area contributed by atoms with Gasteiger partial charge in [-0.1, -0.05) is 0 Å². The largest absolute Gasteiger partial charge is 0.465 e. The smallest absolute Gasteiger partial charge is 0.271 e. The molecule has 0 saturated heterocycles. The zero-order valence-electron chi connectivity index (χ0n) is 7.67. The zero-order chi connectivity index (χ0) is 11.3.